The highest BCUT2D eigenvalue weighted by Crippen LogP contribution is 2.15. The Kier molecular flexibility index (Phi) is 4.55. The van der Waals surface area contributed by atoms with Crippen molar-refractivity contribution in [1.82, 2.24) is 0 Å². The summed E-state index contributed by atoms with van der Waals surface area (Å²) >= 11 is 0. The molecule has 5 heteroatoms. The zero-order valence-electron chi connectivity index (χ0n) is 7.22. The van der Waals surface area contributed by atoms with Crippen LogP contribution in [0.2, 0.25) is 0 Å². The Labute approximate surface area is 66.5 Å². The van der Waals surface area contributed by atoms with Gasteiger partial charge in [0.2, 0.25) is 0 Å². The van der Waals surface area contributed by atoms with E-state index in [1.165, 1.54) is 0 Å². The molecule has 0 bridgehead atoms. The average Bonchev–Trinajstić information content (AvgIpc) is 2.04. The van der Waals surface area contributed by atoms with Crippen LogP contribution in [0.15, 0.2) is 0 Å². The van der Waals surface area contributed by atoms with Crippen LogP contribution in [0.1, 0.15) is 33.6 Å². The minimum atomic E-state index is -0.823. The molecule has 0 aliphatic heterocycles. The molecule has 0 aromatic heterocycles. The number of nitrogens with two attached hydrogens (primary N) is 1. The maximum absolute atomic E-state index is 10.6. The Morgan fingerprint density at radius 2 is 1.91 bits per heavy atom. The molecule has 0 amide bonds. The molecule has 0 aromatic rings. The largest absolute Gasteiger partial charge is 0.564 e. The molecule has 0 radical (unpaired) electrons. The molecular formula is C6H16N2O3. The molecule has 0 saturated heterocycles. The van der Waals surface area contributed by atoms with Gasteiger partial charge in [-0.3, -0.25) is 0 Å². The summed E-state index contributed by atoms with van der Waals surface area (Å²) in [5, 5.41) is 9.75. The fourth-order valence-corrected chi connectivity index (χ4v) is 0.620. The van der Waals surface area contributed by atoms with Gasteiger partial charge in [0.15, 0.2) is 0 Å². The van der Waals surface area contributed by atoms with E-state index in [2.05, 4.69) is 10.8 Å². The van der Waals surface area contributed by atoms with Gasteiger partial charge in [0.25, 0.3) is 0 Å². The predicted molar refractivity (Wildman–Crippen MR) is 39.7 cm³/mol. The summed E-state index contributed by atoms with van der Waals surface area (Å²) in [6.07, 6.45) is 1.50. The van der Waals surface area contributed by atoms with Crippen LogP contribution in [0.4, 0.5) is 0 Å². The lowest BCUT2D eigenvalue weighted by Gasteiger charge is -2.28. The van der Waals surface area contributed by atoms with Crippen LogP contribution in [-0.4, -0.2) is 5.60 Å². The summed E-state index contributed by atoms with van der Waals surface area (Å²) in [5.74, 6) is 4.61. The van der Waals surface area contributed by atoms with Crippen molar-refractivity contribution >= 4 is 0 Å². The summed E-state index contributed by atoms with van der Waals surface area (Å²) < 4.78 is 0. The lowest BCUT2D eigenvalue weighted by molar-refractivity contribution is -1.22. The van der Waals surface area contributed by atoms with Crippen molar-refractivity contribution in [3.63, 3.8) is 0 Å². The van der Waals surface area contributed by atoms with Gasteiger partial charge in [0.1, 0.15) is 5.60 Å². The van der Waals surface area contributed by atoms with Crippen molar-refractivity contribution in [3.05, 3.63) is 5.21 Å². The third kappa shape index (κ3) is 3.64. The van der Waals surface area contributed by atoms with Crippen LogP contribution in [0.25, 0.3) is 0 Å². The van der Waals surface area contributed by atoms with E-state index in [0.717, 1.165) is 12.8 Å². The maximum Gasteiger partial charge on any atom is 0.129 e. The van der Waals surface area contributed by atoms with Crippen LogP contribution in [0.5, 0.6) is 0 Å². The zero-order chi connectivity index (χ0) is 8.91. The van der Waals surface area contributed by atoms with E-state index in [1.807, 2.05) is 20.8 Å². The molecular weight excluding hydrogens is 148 g/mol. The Morgan fingerprint density at radius 1 is 1.45 bits per heavy atom. The number of nitrogens with one attached hydrogen (secondary N) is 1. The monoisotopic (exact) mass is 164 g/mol. The van der Waals surface area contributed by atoms with Gasteiger partial charge in [-0.15, -0.1) is 0 Å². The van der Waals surface area contributed by atoms with E-state index in [9.17, 15) is 5.21 Å². The van der Waals surface area contributed by atoms with Crippen LogP contribution >= 0.6 is 0 Å². The third-order valence-electron chi connectivity index (χ3n) is 1.92. The molecule has 3 N–H and O–H groups in total. The van der Waals surface area contributed by atoms with Gasteiger partial charge in [-0.25, -0.2) is 0 Å². The standard InChI is InChI=1S/C6H16N2O3/c1-4-6(3,5-2)10-8(9)11-7/h8H,4-5,7H2,1-3H3. The van der Waals surface area contributed by atoms with Crippen molar-refractivity contribution in [2.45, 2.75) is 39.2 Å². The van der Waals surface area contributed by atoms with Crippen molar-refractivity contribution < 1.29 is 15.2 Å². The highest BCUT2D eigenvalue weighted by molar-refractivity contribution is 4.67. The van der Waals surface area contributed by atoms with E-state index in [1.54, 1.807) is 0 Å². The molecule has 0 fully saturated rings. The van der Waals surface area contributed by atoms with Gasteiger partial charge >= 0.3 is 0 Å². The molecule has 0 aliphatic carbocycles. The van der Waals surface area contributed by atoms with Crippen LogP contribution in [0, 0.1) is 5.21 Å². The highest BCUT2D eigenvalue weighted by atomic mass is 17.2. The maximum atomic E-state index is 10.6. The summed E-state index contributed by atoms with van der Waals surface area (Å²) in [6.45, 7) is 5.71. The Hall–Kier alpha value is -0.200. The van der Waals surface area contributed by atoms with Gasteiger partial charge in [-0.05, 0) is 19.8 Å². The van der Waals surface area contributed by atoms with Crippen molar-refractivity contribution in [1.29, 1.82) is 0 Å². The quantitative estimate of drug-likeness (QED) is 0.546. The second-order valence-corrected chi connectivity index (χ2v) is 2.63. The van der Waals surface area contributed by atoms with Crippen LogP contribution < -0.4 is 11.3 Å². The lowest BCUT2D eigenvalue weighted by Crippen LogP contribution is -3.07. The average molecular weight is 164 g/mol. The molecule has 0 spiro atoms. The first-order valence-electron chi connectivity index (χ1n) is 3.67. The molecule has 0 heterocycles. The summed E-state index contributed by atoms with van der Waals surface area (Å²) in [4.78, 5) is 8.79. The van der Waals surface area contributed by atoms with Crippen LogP contribution in [-0.2, 0) is 9.78 Å². The van der Waals surface area contributed by atoms with Gasteiger partial charge in [0, 0.05) is 0 Å². The van der Waals surface area contributed by atoms with Crippen molar-refractivity contribution in [2.75, 3.05) is 0 Å². The second kappa shape index (κ2) is 4.63. The highest BCUT2D eigenvalue weighted by Gasteiger charge is 2.25. The molecule has 1 unspecified atom stereocenters. The van der Waals surface area contributed by atoms with Crippen molar-refractivity contribution in [3.8, 4) is 0 Å². The third-order valence-corrected chi connectivity index (χ3v) is 1.92. The van der Waals surface area contributed by atoms with Gasteiger partial charge in [-0.2, -0.15) is 10.7 Å². The normalized spacial score (nSPS) is 15.0. The molecule has 11 heavy (non-hydrogen) atoms. The fraction of sp³-hybridized carbons (Fsp3) is 1.00. The fourth-order valence-electron chi connectivity index (χ4n) is 0.620. The van der Waals surface area contributed by atoms with Crippen molar-refractivity contribution in [2.24, 2.45) is 5.90 Å². The minimum Gasteiger partial charge on any atom is -0.564 e. The minimum absolute atomic E-state index is 0.448. The van der Waals surface area contributed by atoms with E-state index in [-0.39, 0.29) is 0 Å². The number of rotatable bonds is 5. The molecule has 0 rings (SSSR count). The topological polar surface area (TPSA) is 72.0 Å². The first-order valence-corrected chi connectivity index (χ1v) is 3.67. The Balaban J connectivity index is 3.86. The lowest BCUT2D eigenvalue weighted by atomic mass is 10.0. The zero-order valence-corrected chi connectivity index (χ0v) is 7.22. The second-order valence-electron chi connectivity index (χ2n) is 2.63. The van der Waals surface area contributed by atoms with E-state index in [4.69, 9.17) is 4.84 Å². The summed E-state index contributed by atoms with van der Waals surface area (Å²) in [5.41, 5.74) is -0.448. The van der Waals surface area contributed by atoms with E-state index in [0.29, 0.717) is 0 Å². The van der Waals surface area contributed by atoms with Gasteiger partial charge in [0.05, 0.1) is 0 Å². The molecule has 68 valence electrons. The molecule has 1 atom stereocenters. The van der Waals surface area contributed by atoms with Gasteiger partial charge < -0.3 is 5.21 Å². The Morgan fingerprint density at radius 3 is 2.18 bits per heavy atom. The molecule has 0 aromatic carbocycles. The number of quaternary nitrogens is 1. The predicted octanol–water partition coefficient (Wildman–Crippen LogP) is -0.315. The molecule has 0 aliphatic rings. The Bertz CT molecular complexity index is 106. The van der Waals surface area contributed by atoms with E-state index < -0.39 is 11.0 Å². The molecule has 0 saturated carbocycles. The SMILES string of the molecule is CCC(C)(CC)O[NH+]([O-])ON. The molecule has 5 nitrogen and oxygen atoms in total. The first kappa shape index (κ1) is 10.8. The van der Waals surface area contributed by atoms with E-state index >= 15 is 0 Å². The number of hydrogen-bond donors (Lipinski definition) is 2. The number of hydrogen-bond acceptors (Lipinski definition) is 4. The van der Waals surface area contributed by atoms with Crippen LogP contribution in [0.3, 0.4) is 0 Å². The smallest absolute Gasteiger partial charge is 0.129 e. The summed E-state index contributed by atoms with van der Waals surface area (Å²) in [6, 6.07) is 0. The summed E-state index contributed by atoms with van der Waals surface area (Å²) in [7, 11) is 0. The first-order chi connectivity index (χ1) is 5.08. The van der Waals surface area contributed by atoms with Gasteiger partial charge in [-0.1, -0.05) is 24.2 Å².